The molecule has 1 aliphatic heterocycles. The van der Waals surface area contributed by atoms with Gasteiger partial charge in [-0.1, -0.05) is 6.07 Å². The minimum Gasteiger partial charge on any atom is -0.481 e. The number of hydrogen-bond acceptors (Lipinski definition) is 5. The molecule has 1 aromatic carbocycles. The Hall–Kier alpha value is -2.66. The molecule has 0 bridgehead atoms. The van der Waals surface area contributed by atoms with Gasteiger partial charge in [0.15, 0.2) is 0 Å². The molecule has 0 spiro atoms. The van der Waals surface area contributed by atoms with Crippen molar-refractivity contribution in [1.82, 2.24) is 9.29 Å². The molecule has 4 rings (SSSR count). The van der Waals surface area contributed by atoms with Gasteiger partial charge in [0, 0.05) is 31.4 Å². The van der Waals surface area contributed by atoms with Crippen molar-refractivity contribution < 1.29 is 31.5 Å². The highest BCUT2D eigenvalue weighted by Gasteiger charge is 2.39. The van der Waals surface area contributed by atoms with E-state index in [0.717, 1.165) is 23.4 Å². The van der Waals surface area contributed by atoms with Crippen molar-refractivity contribution in [2.24, 2.45) is 5.92 Å². The van der Waals surface area contributed by atoms with Crippen LogP contribution in [0.4, 0.5) is 19.0 Å². The fourth-order valence-electron chi connectivity index (χ4n) is 4.54. The van der Waals surface area contributed by atoms with E-state index in [4.69, 9.17) is 0 Å². The van der Waals surface area contributed by atoms with E-state index < -0.39 is 39.7 Å². The predicted octanol–water partition coefficient (Wildman–Crippen LogP) is 3.19. The largest absolute Gasteiger partial charge is 0.481 e. The van der Waals surface area contributed by atoms with E-state index in [9.17, 15) is 31.5 Å². The van der Waals surface area contributed by atoms with E-state index in [2.05, 4.69) is 4.98 Å². The Morgan fingerprint density at radius 2 is 1.76 bits per heavy atom. The van der Waals surface area contributed by atoms with Crippen molar-refractivity contribution in [1.29, 1.82) is 0 Å². The number of piperazine rings is 1. The molecule has 11 heteroatoms. The van der Waals surface area contributed by atoms with Gasteiger partial charge in [0.2, 0.25) is 10.0 Å². The number of hydrogen-bond donors (Lipinski definition) is 1. The fourth-order valence-corrected chi connectivity index (χ4v) is 6.29. The van der Waals surface area contributed by atoms with Gasteiger partial charge in [-0.2, -0.15) is 17.5 Å². The number of rotatable bonds is 4. The number of nitrogens with zero attached hydrogens (tertiary/aromatic N) is 3. The van der Waals surface area contributed by atoms with Crippen molar-refractivity contribution in [3.8, 4) is 0 Å². The van der Waals surface area contributed by atoms with Gasteiger partial charge in [0.1, 0.15) is 5.82 Å². The fraction of sp³-hybridized carbons (Fsp3) is 0.455. The van der Waals surface area contributed by atoms with Crippen molar-refractivity contribution >= 4 is 21.8 Å². The number of pyridine rings is 1. The SMILES string of the molecule is CC1CN(c2ccc(C(F)(F)F)cn2)[C@@H](C)CN1S(=O)(=O)c1ccc2c(c1)C[C@@H](C(=O)O)C2. The summed E-state index contributed by atoms with van der Waals surface area (Å²) >= 11 is 0. The number of carbonyl (C=O) groups is 1. The summed E-state index contributed by atoms with van der Waals surface area (Å²) in [4.78, 5) is 17.2. The molecule has 2 aromatic rings. The second-order valence-electron chi connectivity index (χ2n) is 8.70. The first-order valence-corrected chi connectivity index (χ1v) is 12.0. The minimum atomic E-state index is -4.47. The summed E-state index contributed by atoms with van der Waals surface area (Å²) in [6, 6.07) is 6.27. The van der Waals surface area contributed by atoms with Crippen LogP contribution in [0.25, 0.3) is 0 Å². The number of sulfonamides is 1. The lowest BCUT2D eigenvalue weighted by Gasteiger charge is -2.43. The molecule has 178 valence electrons. The maximum Gasteiger partial charge on any atom is 0.417 e. The highest BCUT2D eigenvalue weighted by molar-refractivity contribution is 7.89. The van der Waals surface area contributed by atoms with Gasteiger partial charge in [-0.15, -0.1) is 0 Å². The molecule has 1 aliphatic carbocycles. The molecule has 0 radical (unpaired) electrons. The minimum absolute atomic E-state index is 0.118. The third kappa shape index (κ3) is 4.43. The van der Waals surface area contributed by atoms with Crippen LogP contribution >= 0.6 is 0 Å². The van der Waals surface area contributed by atoms with Crippen molar-refractivity contribution in [3.05, 3.63) is 53.2 Å². The number of aliphatic carboxylic acids is 1. The topological polar surface area (TPSA) is 90.8 Å². The van der Waals surface area contributed by atoms with Gasteiger partial charge < -0.3 is 10.0 Å². The number of aromatic nitrogens is 1. The monoisotopic (exact) mass is 483 g/mol. The number of anilines is 1. The Morgan fingerprint density at radius 3 is 2.36 bits per heavy atom. The molecule has 3 atom stereocenters. The van der Waals surface area contributed by atoms with Crippen LogP contribution in [-0.4, -0.2) is 54.0 Å². The smallest absolute Gasteiger partial charge is 0.417 e. The molecule has 1 N–H and O–H groups in total. The Bertz CT molecular complexity index is 1170. The first kappa shape index (κ1) is 23.5. The van der Waals surface area contributed by atoms with E-state index >= 15 is 0 Å². The van der Waals surface area contributed by atoms with Gasteiger partial charge in [-0.05, 0) is 62.1 Å². The average molecular weight is 484 g/mol. The van der Waals surface area contributed by atoms with E-state index in [1.165, 1.54) is 16.4 Å². The van der Waals surface area contributed by atoms with E-state index in [1.54, 1.807) is 30.9 Å². The van der Waals surface area contributed by atoms with Gasteiger partial charge in [0.25, 0.3) is 0 Å². The first-order chi connectivity index (χ1) is 15.4. The van der Waals surface area contributed by atoms with E-state index in [1.807, 2.05) is 0 Å². The van der Waals surface area contributed by atoms with Crippen LogP contribution in [0.3, 0.4) is 0 Å². The zero-order valence-corrected chi connectivity index (χ0v) is 18.9. The maximum absolute atomic E-state index is 13.4. The molecular weight excluding hydrogens is 459 g/mol. The number of alkyl halides is 3. The summed E-state index contributed by atoms with van der Waals surface area (Å²) in [5.74, 6) is -1.08. The van der Waals surface area contributed by atoms with Crippen LogP contribution in [0.15, 0.2) is 41.4 Å². The standard InChI is InChI=1S/C22H24F3N3O4S/c1-13-12-28(14(2)11-27(13)20-6-4-18(10-26-20)22(23,24)25)33(31,32)19-5-3-15-7-17(21(29)30)8-16(15)9-19/h3-6,9-10,13-14,17H,7-8,11-12H2,1-2H3,(H,29,30)/t13-,14?,17-/m0/s1. The molecule has 1 unspecified atom stereocenters. The van der Waals surface area contributed by atoms with Crippen LogP contribution in [0.2, 0.25) is 0 Å². The van der Waals surface area contributed by atoms with Crippen LogP contribution in [-0.2, 0) is 33.8 Å². The Kier molecular flexibility index (Phi) is 5.90. The molecule has 1 saturated heterocycles. The summed E-state index contributed by atoms with van der Waals surface area (Å²) in [6.07, 6.45) is -3.01. The van der Waals surface area contributed by atoms with Crippen molar-refractivity contribution in [2.45, 2.75) is 49.8 Å². The van der Waals surface area contributed by atoms with Crippen molar-refractivity contribution in [2.75, 3.05) is 18.0 Å². The summed E-state index contributed by atoms with van der Waals surface area (Å²) in [6.45, 7) is 3.95. The summed E-state index contributed by atoms with van der Waals surface area (Å²) in [7, 11) is -3.85. The maximum atomic E-state index is 13.4. The van der Waals surface area contributed by atoms with Crippen LogP contribution in [0, 0.1) is 5.92 Å². The second-order valence-corrected chi connectivity index (χ2v) is 10.6. The van der Waals surface area contributed by atoms with Crippen molar-refractivity contribution in [3.63, 3.8) is 0 Å². The number of carboxylic acids is 1. The average Bonchev–Trinajstić information content (AvgIpc) is 3.18. The number of carboxylic acid groups (broad SMARTS) is 1. The quantitative estimate of drug-likeness (QED) is 0.719. The lowest BCUT2D eigenvalue weighted by atomic mass is 10.1. The molecule has 0 saturated carbocycles. The zero-order chi connectivity index (χ0) is 24.1. The highest BCUT2D eigenvalue weighted by Crippen LogP contribution is 2.33. The molecule has 0 amide bonds. The Labute approximate surface area is 189 Å². The van der Waals surface area contributed by atoms with Gasteiger partial charge in [-0.25, -0.2) is 13.4 Å². The lowest BCUT2D eigenvalue weighted by molar-refractivity contribution is -0.141. The molecular formula is C22H24F3N3O4S. The Balaban J connectivity index is 1.53. The lowest BCUT2D eigenvalue weighted by Crippen LogP contribution is -2.58. The molecule has 33 heavy (non-hydrogen) atoms. The molecule has 1 aromatic heterocycles. The number of halogens is 3. The molecule has 2 aliphatic rings. The normalized spacial score (nSPS) is 24.0. The summed E-state index contributed by atoms with van der Waals surface area (Å²) < 4.78 is 66.7. The van der Waals surface area contributed by atoms with Crippen LogP contribution in [0.5, 0.6) is 0 Å². The molecule has 7 nitrogen and oxygen atoms in total. The summed E-state index contributed by atoms with van der Waals surface area (Å²) in [5.41, 5.74) is 0.743. The predicted molar refractivity (Wildman–Crippen MR) is 114 cm³/mol. The van der Waals surface area contributed by atoms with Gasteiger partial charge in [0.05, 0.1) is 16.4 Å². The van der Waals surface area contributed by atoms with E-state index in [-0.39, 0.29) is 24.0 Å². The Morgan fingerprint density at radius 1 is 1.06 bits per heavy atom. The van der Waals surface area contributed by atoms with Gasteiger partial charge >= 0.3 is 12.1 Å². The van der Waals surface area contributed by atoms with E-state index in [0.29, 0.717) is 18.7 Å². The first-order valence-electron chi connectivity index (χ1n) is 10.5. The number of fused-ring (bicyclic) bond motifs is 1. The third-order valence-corrected chi connectivity index (χ3v) is 8.34. The van der Waals surface area contributed by atoms with Gasteiger partial charge in [-0.3, -0.25) is 4.79 Å². The third-order valence-electron chi connectivity index (χ3n) is 6.36. The molecule has 1 fully saturated rings. The zero-order valence-electron chi connectivity index (χ0n) is 18.1. The highest BCUT2D eigenvalue weighted by atomic mass is 32.2. The summed E-state index contributed by atoms with van der Waals surface area (Å²) in [5, 5.41) is 9.26. The number of benzene rings is 1. The van der Waals surface area contributed by atoms with Crippen LogP contribution in [0.1, 0.15) is 30.5 Å². The molecule has 2 heterocycles. The second kappa shape index (κ2) is 8.28. The van der Waals surface area contributed by atoms with Crippen LogP contribution < -0.4 is 4.90 Å².